The molecule has 0 saturated carbocycles. The van der Waals surface area contributed by atoms with Gasteiger partial charge in [0.1, 0.15) is 0 Å². The van der Waals surface area contributed by atoms with E-state index in [-0.39, 0.29) is 11.6 Å². The molecule has 1 aliphatic heterocycles. The summed E-state index contributed by atoms with van der Waals surface area (Å²) in [5.41, 5.74) is 0.0920. The number of piperidine rings is 1. The lowest BCUT2D eigenvalue weighted by Crippen LogP contribution is -2.43. The van der Waals surface area contributed by atoms with E-state index in [9.17, 15) is 13.6 Å². The Morgan fingerprint density at radius 1 is 1.38 bits per heavy atom. The third-order valence-corrected chi connectivity index (χ3v) is 4.35. The van der Waals surface area contributed by atoms with Crippen molar-refractivity contribution in [2.24, 2.45) is 5.92 Å². The summed E-state index contributed by atoms with van der Waals surface area (Å²) in [4.78, 5) is 16.1. The summed E-state index contributed by atoms with van der Waals surface area (Å²) in [6.45, 7) is 0.789. The smallest absolute Gasteiger partial charge is 0.333 e. The van der Waals surface area contributed by atoms with Gasteiger partial charge in [0, 0.05) is 25.3 Å². The fourth-order valence-electron chi connectivity index (χ4n) is 2.73. The molecule has 0 aromatic carbocycles. The van der Waals surface area contributed by atoms with Gasteiger partial charge in [-0.2, -0.15) is 13.9 Å². The zero-order valence-corrected chi connectivity index (χ0v) is 12.7. The van der Waals surface area contributed by atoms with E-state index >= 15 is 0 Å². The number of likely N-dealkylation sites (tertiary alicyclic amines) is 1. The molecule has 118 valence electrons. The number of hydrogen-bond donors (Lipinski definition) is 0. The van der Waals surface area contributed by atoms with Crippen molar-refractivity contribution in [3.05, 3.63) is 18.0 Å². The van der Waals surface area contributed by atoms with Crippen LogP contribution in [0.3, 0.4) is 0 Å². The maximum absolute atomic E-state index is 12.5. The summed E-state index contributed by atoms with van der Waals surface area (Å²) in [5, 5.41) is 3.63. The number of rotatable bonds is 4. The Morgan fingerprint density at radius 2 is 2.00 bits per heavy atom. The lowest BCUT2D eigenvalue weighted by Gasteiger charge is -2.37. The molecule has 1 unspecified atom stereocenters. The van der Waals surface area contributed by atoms with Crippen LogP contribution in [0.2, 0.25) is 0 Å². The van der Waals surface area contributed by atoms with Crippen LogP contribution in [0, 0.1) is 5.92 Å². The van der Waals surface area contributed by atoms with Gasteiger partial charge in [-0.3, -0.25) is 4.79 Å². The molecule has 2 heterocycles. The largest absolute Gasteiger partial charge is 0.337 e. The highest BCUT2D eigenvalue weighted by molar-refractivity contribution is 5.92. The maximum atomic E-state index is 12.5. The number of carbonyl (C=O) groups is 1. The molecule has 21 heavy (non-hydrogen) atoms. The average Bonchev–Trinajstić information content (AvgIpc) is 2.96. The van der Waals surface area contributed by atoms with Gasteiger partial charge in [-0.15, -0.1) is 0 Å². The molecule has 2 rings (SSSR count). The lowest BCUT2D eigenvalue weighted by molar-refractivity contribution is 0.0537. The summed E-state index contributed by atoms with van der Waals surface area (Å²) < 4.78 is 25.5. The minimum Gasteiger partial charge on any atom is -0.337 e. The molecular formula is C14H22F2N4O. The molecule has 0 spiro atoms. The Kier molecular flexibility index (Phi) is 4.92. The van der Waals surface area contributed by atoms with E-state index in [1.807, 2.05) is 0 Å². The SMILES string of the molecule is CC(C1CCN(C(=O)c2ccn(C(F)F)n2)CC1)N(C)C. The van der Waals surface area contributed by atoms with Gasteiger partial charge in [-0.25, -0.2) is 4.68 Å². The van der Waals surface area contributed by atoms with Gasteiger partial charge < -0.3 is 9.80 Å². The van der Waals surface area contributed by atoms with Crippen LogP contribution in [0.15, 0.2) is 12.3 Å². The van der Waals surface area contributed by atoms with Gasteiger partial charge in [-0.05, 0) is 45.8 Å². The monoisotopic (exact) mass is 300 g/mol. The molecule has 0 radical (unpaired) electrons. The number of amides is 1. The second-order valence-electron chi connectivity index (χ2n) is 5.79. The summed E-state index contributed by atoms with van der Waals surface area (Å²) in [6, 6.07) is 1.82. The van der Waals surface area contributed by atoms with Gasteiger partial charge in [-0.1, -0.05) is 0 Å². The number of carbonyl (C=O) groups excluding carboxylic acids is 1. The Bertz CT molecular complexity index is 481. The Labute approximate surface area is 123 Å². The van der Waals surface area contributed by atoms with Crippen LogP contribution in [0.1, 0.15) is 36.8 Å². The lowest BCUT2D eigenvalue weighted by atomic mass is 9.89. The van der Waals surface area contributed by atoms with Crippen LogP contribution in [-0.2, 0) is 0 Å². The molecule has 7 heteroatoms. The molecule has 1 atom stereocenters. The molecule has 1 saturated heterocycles. The first-order valence-corrected chi connectivity index (χ1v) is 7.19. The Morgan fingerprint density at radius 3 is 2.48 bits per heavy atom. The number of halogens is 2. The van der Waals surface area contributed by atoms with Crippen molar-refractivity contribution in [3.8, 4) is 0 Å². The van der Waals surface area contributed by atoms with Gasteiger partial charge in [0.15, 0.2) is 5.69 Å². The predicted molar refractivity (Wildman–Crippen MR) is 75.3 cm³/mol. The Hall–Kier alpha value is -1.50. The molecule has 1 aliphatic rings. The van der Waals surface area contributed by atoms with Gasteiger partial charge in [0.2, 0.25) is 0 Å². The van der Waals surface area contributed by atoms with Gasteiger partial charge >= 0.3 is 6.55 Å². The van der Waals surface area contributed by atoms with Crippen molar-refractivity contribution >= 4 is 5.91 Å². The molecule has 1 aromatic rings. The standard InChI is InChI=1S/C14H22F2N4O/c1-10(18(2)3)11-4-7-19(8-5-11)13(21)12-6-9-20(17-12)14(15)16/h6,9-11,14H,4-5,7-8H2,1-3H3. The van der Waals surface area contributed by atoms with Crippen LogP contribution in [0.25, 0.3) is 0 Å². The molecule has 0 N–H and O–H groups in total. The van der Waals surface area contributed by atoms with Crippen molar-refractivity contribution in [1.82, 2.24) is 19.6 Å². The Balaban J connectivity index is 1.93. The first kappa shape index (κ1) is 15.9. The molecular weight excluding hydrogens is 278 g/mol. The number of alkyl halides is 2. The van der Waals surface area contributed by atoms with E-state index < -0.39 is 6.55 Å². The van der Waals surface area contributed by atoms with Crippen LogP contribution in [-0.4, -0.2) is 58.7 Å². The van der Waals surface area contributed by atoms with Crippen LogP contribution >= 0.6 is 0 Å². The van der Waals surface area contributed by atoms with E-state index in [1.165, 1.54) is 6.07 Å². The zero-order valence-electron chi connectivity index (χ0n) is 12.7. The van der Waals surface area contributed by atoms with Crippen molar-refractivity contribution < 1.29 is 13.6 Å². The minimum absolute atomic E-state index is 0.0920. The minimum atomic E-state index is -2.71. The summed E-state index contributed by atoms with van der Waals surface area (Å²) in [6.07, 6.45) is 3.00. The average molecular weight is 300 g/mol. The quantitative estimate of drug-likeness (QED) is 0.855. The third kappa shape index (κ3) is 3.58. The molecule has 1 fully saturated rings. The van der Waals surface area contributed by atoms with E-state index in [0.717, 1.165) is 19.0 Å². The van der Waals surface area contributed by atoms with Crippen LogP contribution in [0.5, 0.6) is 0 Å². The highest BCUT2D eigenvalue weighted by Crippen LogP contribution is 2.23. The summed E-state index contributed by atoms with van der Waals surface area (Å²) in [5.74, 6) is 0.299. The molecule has 0 bridgehead atoms. The fourth-order valence-corrected chi connectivity index (χ4v) is 2.73. The molecule has 1 aromatic heterocycles. The topological polar surface area (TPSA) is 41.4 Å². The normalized spacial score (nSPS) is 18.5. The second-order valence-corrected chi connectivity index (χ2v) is 5.79. The van der Waals surface area contributed by atoms with Crippen LogP contribution in [0.4, 0.5) is 8.78 Å². The molecule has 5 nitrogen and oxygen atoms in total. The van der Waals surface area contributed by atoms with Crippen molar-refractivity contribution in [2.45, 2.75) is 32.4 Å². The zero-order chi connectivity index (χ0) is 15.6. The maximum Gasteiger partial charge on any atom is 0.333 e. The highest BCUT2D eigenvalue weighted by Gasteiger charge is 2.28. The van der Waals surface area contributed by atoms with Gasteiger partial charge in [0.25, 0.3) is 5.91 Å². The van der Waals surface area contributed by atoms with E-state index in [0.29, 0.717) is 29.7 Å². The van der Waals surface area contributed by atoms with Crippen molar-refractivity contribution in [2.75, 3.05) is 27.2 Å². The second kappa shape index (κ2) is 6.51. The first-order chi connectivity index (χ1) is 9.90. The highest BCUT2D eigenvalue weighted by atomic mass is 19.3. The van der Waals surface area contributed by atoms with Gasteiger partial charge in [0.05, 0.1) is 0 Å². The van der Waals surface area contributed by atoms with Crippen molar-refractivity contribution in [3.63, 3.8) is 0 Å². The predicted octanol–water partition coefficient (Wildman–Crippen LogP) is 2.08. The molecule has 0 aliphatic carbocycles. The van der Waals surface area contributed by atoms with E-state index in [2.05, 4.69) is 31.0 Å². The third-order valence-electron chi connectivity index (χ3n) is 4.35. The van der Waals surface area contributed by atoms with E-state index in [1.54, 1.807) is 4.90 Å². The number of hydrogen-bond acceptors (Lipinski definition) is 3. The van der Waals surface area contributed by atoms with E-state index in [4.69, 9.17) is 0 Å². The van der Waals surface area contributed by atoms with Crippen LogP contribution < -0.4 is 0 Å². The first-order valence-electron chi connectivity index (χ1n) is 7.19. The number of aromatic nitrogens is 2. The number of nitrogens with zero attached hydrogens (tertiary/aromatic N) is 4. The summed E-state index contributed by atoms with van der Waals surface area (Å²) >= 11 is 0. The fraction of sp³-hybridized carbons (Fsp3) is 0.714. The summed E-state index contributed by atoms with van der Waals surface area (Å²) in [7, 11) is 4.11. The van der Waals surface area contributed by atoms with Crippen molar-refractivity contribution in [1.29, 1.82) is 0 Å². The molecule has 1 amide bonds.